The third-order valence-corrected chi connectivity index (χ3v) is 6.93. The zero-order chi connectivity index (χ0) is 24.2. The number of ether oxygens (including phenoxy) is 1. The maximum absolute atomic E-state index is 13.7. The summed E-state index contributed by atoms with van der Waals surface area (Å²) in [6, 6.07) is 14.0. The predicted octanol–water partition coefficient (Wildman–Crippen LogP) is 4.71. The Labute approximate surface area is 202 Å². The molecule has 1 fully saturated rings. The molecule has 4 rings (SSSR count). The lowest BCUT2D eigenvalue weighted by atomic mass is 9.93. The summed E-state index contributed by atoms with van der Waals surface area (Å²) in [5.41, 5.74) is 6.61. The number of amides is 1. The average molecular weight is 462 g/mol. The smallest absolute Gasteiger partial charge is 0.323 e. The van der Waals surface area contributed by atoms with Gasteiger partial charge in [0.05, 0.1) is 24.9 Å². The Kier molecular flexibility index (Phi) is 7.47. The highest BCUT2D eigenvalue weighted by Crippen LogP contribution is 2.35. The van der Waals surface area contributed by atoms with E-state index in [-0.39, 0.29) is 30.5 Å². The van der Waals surface area contributed by atoms with Gasteiger partial charge in [0.2, 0.25) is 0 Å². The fourth-order valence-corrected chi connectivity index (χ4v) is 5.08. The van der Waals surface area contributed by atoms with E-state index in [0.717, 1.165) is 47.2 Å². The Morgan fingerprint density at radius 2 is 1.85 bits per heavy atom. The molecule has 2 aliphatic heterocycles. The number of hydrazone groups is 1. The molecule has 0 bridgehead atoms. The molecule has 0 N–H and O–H groups in total. The van der Waals surface area contributed by atoms with Gasteiger partial charge in [-0.05, 0) is 69.8 Å². The fraction of sp³-hybridized carbons (Fsp3) is 0.464. The Balaban J connectivity index is 1.64. The van der Waals surface area contributed by atoms with Gasteiger partial charge < -0.3 is 4.74 Å². The van der Waals surface area contributed by atoms with Crippen molar-refractivity contribution in [3.63, 3.8) is 0 Å². The van der Waals surface area contributed by atoms with Crippen LogP contribution in [0.15, 0.2) is 47.6 Å². The Morgan fingerprint density at radius 3 is 2.62 bits per heavy atom. The van der Waals surface area contributed by atoms with E-state index in [1.807, 2.05) is 24.0 Å². The van der Waals surface area contributed by atoms with Gasteiger partial charge in [-0.15, -0.1) is 0 Å². The second kappa shape index (κ2) is 10.5. The highest BCUT2D eigenvalue weighted by atomic mass is 16.5. The second-order valence-electron chi connectivity index (χ2n) is 9.41. The highest BCUT2D eigenvalue weighted by Gasteiger charge is 2.37. The van der Waals surface area contributed by atoms with Crippen LogP contribution in [0.1, 0.15) is 66.5 Å². The highest BCUT2D eigenvalue weighted by molar-refractivity contribution is 6.04. The zero-order valence-electron chi connectivity index (χ0n) is 20.7. The summed E-state index contributed by atoms with van der Waals surface area (Å²) in [7, 11) is 0. The van der Waals surface area contributed by atoms with E-state index in [2.05, 4.69) is 51.1 Å². The van der Waals surface area contributed by atoms with E-state index in [0.29, 0.717) is 19.6 Å². The molecule has 2 aliphatic rings. The molecule has 1 saturated heterocycles. The van der Waals surface area contributed by atoms with Gasteiger partial charge in [0, 0.05) is 12.0 Å². The van der Waals surface area contributed by atoms with Gasteiger partial charge in [0.1, 0.15) is 6.04 Å². The molecule has 2 atom stereocenters. The summed E-state index contributed by atoms with van der Waals surface area (Å²) < 4.78 is 5.29. The van der Waals surface area contributed by atoms with Gasteiger partial charge in [-0.2, -0.15) is 5.10 Å². The molecule has 0 unspecified atom stereocenters. The van der Waals surface area contributed by atoms with Crippen LogP contribution in [0.2, 0.25) is 0 Å². The summed E-state index contributed by atoms with van der Waals surface area (Å²) in [4.78, 5) is 28.2. The van der Waals surface area contributed by atoms with E-state index >= 15 is 0 Å². The van der Waals surface area contributed by atoms with E-state index < -0.39 is 0 Å². The minimum Gasteiger partial charge on any atom is -0.465 e. The van der Waals surface area contributed by atoms with Crippen molar-refractivity contribution in [2.45, 2.75) is 65.5 Å². The number of piperidine rings is 1. The van der Waals surface area contributed by atoms with E-state index in [1.54, 1.807) is 5.01 Å². The van der Waals surface area contributed by atoms with Gasteiger partial charge in [-0.3, -0.25) is 14.5 Å². The van der Waals surface area contributed by atoms with Crippen LogP contribution in [0.25, 0.3) is 0 Å². The number of carbonyl (C=O) groups is 2. The van der Waals surface area contributed by atoms with Gasteiger partial charge in [-0.25, -0.2) is 5.01 Å². The second-order valence-corrected chi connectivity index (χ2v) is 9.41. The Bertz CT molecular complexity index is 1090. The molecule has 6 heteroatoms. The van der Waals surface area contributed by atoms with Gasteiger partial charge in [-0.1, -0.05) is 48.4 Å². The maximum Gasteiger partial charge on any atom is 0.323 e. The Morgan fingerprint density at radius 1 is 1.06 bits per heavy atom. The largest absolute Gasteiger partial charge is 0.465 e. The van der Waals surface area contributed by atoms with Crippen molar-refractivity contribution in [2.24, 2.45) is 5.10 Å². The first-order valence-corrected chi connectivity index (χ1v) is 12.3. The third kappa shape index (κ3) is 5.07. The standard InChI is InChI=1S/C28H35N3O3/c1-5-34-28(33)25-12-8-9-15-30(25)18-27(32)31-26(22-11-7-6-10-20(22)3)17-24(29-31)23-16-19(2)13-14-21(23)4/h6-7,10-11,13-14,16,25-26H,5,8-9,12,15,17-18H2,1-4H3/t25-,26+/m1/s1. The zero-order valence-corrected chi connectivity index (χ0v) is 20.7. The van der Waals surface area contributed by atoms with Crippen LogP contribution in [-0.2, 0) is 14.3 Å². The fourth-order valence-electron chi connectivity index (χ4n) is 5.08. The lowest BCUT2D eigenvalue weighted by Crippen LogP contribution is -2.49. The Hall–Kier alpha value is -2.99. The number of esters is 1. The maximum atomic E-state index is 13.7. The van der Waals surface area contributed by atoms with E-state index in [4.69, 9.17) is 9.84 Å². The van der Waals surface area contributed by atoms with Gasteiger partial charge in [0.25, 0.3) is 5.91 Å². The summed E-state index contributed by atoms with van der Waals surface area (Å²) >= 11 is 0. The molecule has 0 saturated carbocycles. The molecule has 180 valence electrons. The number of aryl methyl sites for hydroxylation is 3. The first kappa shape index (κ1) is 24.1. The molecule has 2 heterocycles. The normalized spacial score (nSPS) is 20.8. The first-order valence-electron chi connectivity index (χ1n) is 12.3. The van der Waals surface area contributed by atoms with Crippen LogP contribution < -0.4 is 0 Å². The molecule has 0 radical (unpaired) electrons. The number of benzene rings is 2. The third-order valence-electron chi connectivity index (χ3n) is 6.93. The number of nitrogens with zero attached hydrogens (tertiary/aromatic N) is 3. The topological polar surface area (TPSA) is 62.2 Å². The van der Waals surface area contributed by atoms with Crippen molar-refractivity contribution in [2.75, 3.05) is 19.7 Å². The molecule has 2 aromatic rings. The predicted molar refractivity (Wildman–Crippen MR) is 134 cm³/mol. The summed E-state index contributed by atoms with van der Waals surface area (Å²) in [6.45, 7) is 9.28. The summed E-state index contributed by atoms with van der Waals surface area (Å²) in [5, 5.41) is 6.55. The molecule has 0 spiro atoms. The monoisotopic (exact) mass is 461 g/mol. The molecular weight excluding hydrogens is 426 g/mol. The lowest BCUT2D eigenvalue weighted by Gasteiger charge is -2.34. The lowest BCUT2D eigenvalue weighted by molar-refractivity contribution is -0.152. The molecule has 1 amide bonds. The molecule has 0 aromatic heterocycles. The van der Waals surface area contributed by atoms with E-state index in [9.17, 15) is 9.59 Å². The van der Waals surface area contributed by atoms with Crippen LogP contribution in [0.5, 0.6) is 0 Å². The van der Waals surface area contributed by atoms with E-state index in [1.165, 1.54) is 5.56 Å². The number of hydrogen-bond donors (Lipinski definition) is 0. The van der Waals surface area contributed by atoms with Crippen LogP contribution >= 0.6 is 0 Å². The average Bonchev–Trinajstić information content (AvgIpc) is 3.26. The van der Waals surface area contributed by atoms with Gasteiger partial charge in [0.15, 0.2) is 0 Å². The van der Waals surface area contributed by atoms with Crippen molar-refractivity contribution in [3.8, 4) is 0 Å². The summed E-state index contributed by atoms with van der Waals surface area (Å²) in [5.74, 6) is -0.309. The number of hydrogen-bond acceptors (Lipinski definition) is 5. The SMILES string of the molecule is CCOC(=O)[C@H]1CCCCN1CC(=O)N1N=C(c2cc(C)ccc2C)C[C@H]1c1ccccc1C. The van der Waals surface area contributed by atoms with Crippen molar-refractivity contribution in [3.05, 3.63) is 70.3 Å². The molecule has 34 heavy (non-hydrogen) atoms. The van der Waals surface area contributed by atoms with Crippen LogP contribution in [0, 0.1) is 20.8 Å². The molecular formula is C28H35N3O3. The van der Waals surface area contributed by atoms with Gasteiger partial charge >= 0.3 is 5.97 Å². The minimum absolute atomic E-state index is 0.0789. The number of carbonyl (C=O) groups excluding carboxylic acids is 2. The van der Waals surface area contributed by atoms with Crippen molar-refractivity contribution in [1.29, 1.82) is 0 Å². The quantitative estimate of drug-likeness (QED) is 0.585. The molecule has 2 aromatic carbocycles. The van der Waals surface area contributed by atoms with Crippen LogP contribution in [0.4, 0.5) is 0 Å². The molecule has 6 nitrogen and oxygen atoms in total. The number of likely N-dealkylation sites (tertiary alicyclic amines) is 1. The van der Waals surface area contributed by atoms with Crippen molar-refractivity contribution in [1.82, 2.24) is 9.91 Å². The van der Waals surface area contributed by atoms with Crippen molar-refractivity contribution < 1.29 is 14.3 Å². The summed E-state index contributed by atoms with van der Waals surface area (Å²) in [6.07, 6.45) is 3.34. The first-order chi connectivity index (χ1) is 16.4. The molecule has 0 aliphatic carbocycles. The minimum atomic E-state index is -0.361. The van der Waals surface area contributed by atoms with Crippen LogP contribution in [-0.4, -0.2) is 53.2 Å². The van der Waals surface area contributed by atoms with Crippen LogP contribution in [0.3, 0.4) is 0 Å². The number of rotatable bonds is 6. The van der Waals surface area contributed by atoms with Crippen molar-refractivity contribution >= 4 is 17.6 Å².